The molecule has 0 spiro atoms. The number of sulfonamides is 1. The van der Waals surface area contributed by atoms with E-state index in [0.717, 1.165) is 4.31 Å². The molecular formula is C21H21Cl2N3O5S. The van der Waals surface area contributed by atoms with Gasteiger partial charge in [0.15, 0.2) is 0 Å². The smallest absolute Gasteiger partial charge is 0.323 e. The average Bonchev–Trinajstić information content (AvgIpc) is 2.96. The number of aliphatic carboxylic acids is 1. The number of rotatable bonds is 6. The zero-order valence-corrected chi connectivity index (χ0v) is 19.5. The van der Waals surface area contributed by atoms with Crippen molar-refractivity contribution in [1.29, 1.82) is 5.26 Å². The Morgan fingerprint density at radius 3 is 2.50 bits per heavy atom. The van der Waals surface area contributed by atoms with E-state index in [4.69, 9.17) is 27.9 Å². The van der Waals surface area contributed by atoms with Gasteiger partial charge in [-0.3, -0.25) is 4.79 Å². The van der Waals surface area contributed by atoms with Gasteiger partial charge in [-0.15, -0.1) is 0 Å². The van der Waals surface area contributed by atoms with Crippen LogP contribution in [0.5, 0.6) is 11.5 Å². The number of hydrogen-bond acceptors (Lipinski definition) is 6. The third kappa shape index (κ3) is 5.34. The van der Waals surface area contributed by atoms with E-state index in [1.165, 1.54) is 36.4 Å². The summed E-state index contributed by atoms with van der Waals surface area (Å²) in [6.45, 7) is 3.15. The number of benzene rings is 2. The number of halogens is 2. The average molecular weight is 498 g/mol. The molecule has 0 radical (unpaired) electrons. The number of likely N-dealkylation sites (N-methyl/N-ethyl adjacent to an activating group) is 1. The van der Waals surface area contributed by atoms with Crippen LogP contribution in [0, 0.1) is 11.3 Å². The van der Waals surface area contributed by atoms with E-state index in [1.807, 2.05) is 17.9 Å². The third-order valence-electron chi connectivity index (χ3n) is 5.09. The Hall–Kier alpha value is -2.35. The number of carboxylic acids is 1. The van der Waals surface area contributed by atoms with Crippen LogP contribution in [0.2, 0.25) is 10.0 Å². The van der Waals surface area contributed by atoms with Gasteiger partial charge in [-0.2, -0.15) is 9.57 Å². The quantitative estimate of drug-likeness (QED) is 0.645. The number of ether oxygens (including phenoxy) is 1. The summed E-state index contributed by atoms with van der Waals surface area (Å²) in [4.78, 5) is 13.6. The first kappa shape index (κ1) is 24.3. The molecule has 1 aliphatic heterocycles. The monoisotopic (exact) mass is 497 g/mol. The highest BCUT2D eigenvalue weighted by molar-refractivity contribution is 7.89. The normalized spacial score (nSPS) is 18.0. The third-order valence-corrected chi connectivity index (χ3v) is 7.45. The molecule has 2 aromatic rings. The number of carbonyl (C=O) groups is 1. The zero-order chi connectivity index (χ0) is 23.5. The minimum Gasteiger partial charge on any atom is -0.480 e. The van der Waals surface area contributed by atoms with Gasteiger partial charge < -0.3 is 14.7 Å². The number of nitrogens with zero attached hydrogens (tertiary/aromatic N) is 3. The molecule has 8 nitrogen and oxygen atoms in total. The summed E-state index contributed by atoms with van der Waals surface area (Å²) in [6.07, 6.45) is 0.467. The second kappa shape index (κ2) is 10.1. The largest absolute Gasteiger partial charge is 0.480 e. The molecule has 3 rings (SSSR count). The Bertz CT molecular complexity index is 1150. The van der Waals surface area contributed by atoms with Crippen LogP contribution in [0.25, 0.3) is 0 Å². The summed E-state index contributed by atoms with van der Waals surface area (Å²) < 4.78 is 34.1. The van der Waals surface area contributed by atoms with Gasteiger partial charge in [-0.25, -0.2) is 8.42 Å². The van der Waals surface area contributed by atoms with Crippen LogP contribution >= 0.6 is 23.2 Å². The van der Waals surface area contributed by atoms with E-state index in [9.17, 15) is 23.6 Å². The molecule has 1 saturated heterocycles. The second-order valence-electron chi connectivity index (χ2n) is 7.20. The van der Waals surface area contributed by atoms with Crippen molar-refractivity contribution in [2.75, 3.05) is 26.2 Å². The van der Waals surface area contributed by atoms with Crippen LogP contribution in [0.3, 0.4) is 0 Å². The molecule has 1 heterocycles. The van der Waals surface area contributed by atoms with Gasteiger partial charge in [0.2, 0.25) is 10.0 Å². The molecule has 1 aliphatic rings. The minimum absolute atomic E-state index is 0.0228. The fourth-order valence-electron chi connectivity index (χ4n) is 3.51. The van der Waals surface area contributed by atoms with Crippen molar-refractivity contribution in [1.82, 2.24) is 9.21 Å². The Morgan fingerprint density at radius 2 is 1.91 bits per heavy atom. The molecule has 0 aromatic heterocycles. The molecule has 0 saturated carbocycles. The molecule has 32 heavy (non-hydrogen) atoms. The SMILES string of the molecule is CCN1CCCN(S(=O)(=O)c2cc(C#N)ccc2Oc2cc(Cl)cc(Cl)c2)C(C(=O)O)C1. The molecular weight excluding hydrogens is 477 g/mol. The summed E-state index contributed by atoms with van der Waals surface area (Å²) in [5.74, 6) is -1.11. The minimum atomic E-state index is -4.33. The van der Waals surface area contributed by atoms with Gasteiger partial charge in [0, 0.05) is 23.1 Å². The van der Waals surface area contributed by atoms with Crippen LogP contribution < -0.4 is 4.74 Å². The maximum Gasteiger partial charge on any atom is 0.323 e. The van der Waals surface area contributed by atoms with Crippen molar-refractivity contribution in [2.45, 2.75) is 24.3 Å². The van der Waals surface area contributed by atoms with Crippen molar-refractivity contribution in [2.24, 2.45) is 0 Å². The van der Waals surface area contributed by atoms with E-state index in [0.29, 0.717) is 29.6 Å². The molecule has 0 amide bonds. The van der Waals surface area contributed by atoms with Gasteiger partial charge in [0.1, 0.15) is 22.4 Å². The fourth-order valence-corrected chi connectivity index (χ4v) is 5.77. The highest BCUT2D eigenvalue weighted by Gasteiger charge is 2.39. The van der Waals surface area contributed by atoms with Crippen molar-refractivity contribution >= 4 is 39.2 Å². The molecule has 0 aliphatic carbocycles. The summed E-state index contributed by atoms with van der Waals surface area (Å²) in [5, 5.41) is 19.7. The lowest BCUT2D eigenvalue weighted by molar-refractivity contribution is -0.141. The van der Waals surface area contributed by atoms with Gasteiger partial charge in [-0.1, -0.05) is 30.1 Å². The molecule has 1 N–H and O–H groups in total. The Morgan fingerprint density at radius 1 is 1.22 bits per heavy atom. The number of nitriles is 1. The lowest BCUT2D eigenvalue weighted by Crippen LogP contribution is -2.49. The topological polar surface area (TPSA) is 111 Å². The first-order valence-corrected chi connectivity index (χ1v) is 12.0. The number of hydrogen-bond donors (Lipinski definition) is 1. The molecule has 11 heteroatoms. The summed E-state index contributed by atoms with van der Waals surface area (Å²) in [7, 11) is -4.33. The molecule has 1 unspecified atom stereocenters. The van der Waals surface area contributed by atoms with Crippen LogP contribution in [0.15, 0.2) is 41.3 Å². The Balaban J connectivity index is 2.09. The lowest BCUT2D eigenvalue weighted by Gasteiger charge is -2.28. The van der Waals surface area contributed by atoms with Crippen LogP contribution in [-0.2, 0) is 14.8 Å². The highest BCUT2D eigenvalue weighted by atomic mass is 35.5. The molecule has 2 aromatic carbocycles. The first-order valence-electron chi connectivity index (χ1n) is 9.80. The van der Waals surface area contributed by atoms with Crippen molar-refractivity contribution in [3.63, 3.8) is 0 Å². The molecule has 1 fully saturated rings. The lowest BCUT2D eigenvalue weighted by atomic mass is 10.2. The van der Waals surface area contributed by atoms with E-state index in [-0.39, 0.29) is 35.0 Å². The highest BCUT2D eigenvalue weighted by Crippen LogP contribution is 2.35. The van der Waals surface area contributed by atoms with Crippen molar-refractivity contribution < 1.29 is 23.1 Å². The maximum atomic E-state index is 13.7. The van der Waals surface area contributed by atoms with E-state index in [1.54, 1.807) is 0 Å². The fraction of sp³-hybridized carbons (Fsp3) is 0.333. The molecule has 170 valence electrons. The predicted octanol–water partition coefficient (Wildman–Crippen LogP) is 3.83. The summed E-state index contributed by atoms with van der Waals surface area (Å²) in [5.41, 5.74) is 0.0944. The van der Waals surface area contributed by atoms with Crippen molar-refractivity contribution in [3.8, 4) is 17.6 Å². The summed E-state index contributed by atoms with van der Waals surface area (Å²) >= 11 is 12.0. The van der Waals surface area contributed by atoms with Crippen LogP contribution in [0.1, 0.15) is 18.9 Å². The predicted molar refractivity (Wildman–Crippen MR) is 120 cm³/mol. The van der Waals surface area contributed by atoms with Crippen molar-refractivity contribution in [3.05, 3.63) is 52.0 Å². The van der Waals surface area contributed by atoms with Crippen LogP contribution in [-0.4, -0.2) is 60.9 Å². The number of carboxylic acid groups (broad SMARTS) is 1. The maximum absolute atomic E-state index is 13.7. The molecule has 1 atom stereocenters. The summed E-state index contributed by atoms with van der Waals surface area (Å²) in [6, 6.07) is 9.01. The van der Waals surface area contributed by atoms with Gasteiger partial charge >= 0.3 is 5.97 Å². The van der Waals surface area contributed by atoms with Gasteiger partial charge in [0.05, 0.1) is 11.6 Å². The Labute approximate surface area is 196 Å². The van der Waals surface area contributed by atoms with Gasteiger partial charge in [-0.05, 0) is 55.9 Å². The van der Waals surface area contributed by atoms with E-state index < -0.39 is 22.0 Å². The standard InChI is InChI=1S/C21H21Cl2N3O5S/c1-2-25-6-3-7-26(18(13-25)21(27)28)32(29,30)20-8-14(12-24)4-5-19(20)31-17-10-15(22)9-16(23)11-17/h4-5,8-11,18H,2-3,6-7,13H2,1H3,(H,27,28). The van der Waals surface area contributed by atoms with Gasteiger partial charge in [0.25, 0.3) is 0 Å². The van der Waals surface area contributed by atoms with Crippen LogP contribution in [0.4, 0.5) is 0 Å². The van der Waals surface area contributed by atoms with E-state index >= 15 is 0 Å². The molecule has 0 bridgehead atoms. The Kier molecular flexibility index (Phi) is 7.64. The second-order valence-corrected chi connectivity index (χ2v) is 9.93. The first-order chi connectivity index (χ1) is 15.1. The zero-order valence-electron chi connectivity index (χ0n) is 17.2. The van der Waals surface area contributed by atoms with E-state index in [2.05, 4.69) is 0 Å².